The van der Waals surface area contributed by atoms with Gasteiger partial charge in [-0.1, -0.05) is 6.92 Å². The Labute approximate surface area is 117 Å². The Morgan fingerprint density at radius 2 is 1.50 bits per heavy atom. The summed E-state index contributed by atoms with van der Waals surface area (Å²) in [6.07, 6.45) is 0.718. The number of anilines is 2. The van der Waals surface area contributed by atoms with Crippen molar-refractivity contribution in [3.8, 4) is 0 Å². The maximum absolute atomic E-state index is 11.8. The average molecular weight is 278 g/mol. The molecule has 0 saturated heterocycles. The van der Waals surface area contributed by atoms with E-state index in [4.69, 9.17) is 4.74 Å². The van der Waals surface area contributed by atoms with Gasteiger partial charge < -0.3 is 15.4 Å². The SMILES string of the molecule is CCCOC(=O)c1cc(NC(C)=O)cc(NC(C)=O)c1. The zero-order chi connectivity index (χ0) is 15.1. The molecule has 6 nitrogen and oxygen atoms in total. The number of benzene rings is 1. The molecule has 1 aromatic carbocycles. The third-order valence-electron chi connectivity index (χ3n) is 2.25. The van der Waals surface area contributed by atoms with Crippen molar-refractivity contribution in [2.24, 2.45) is 0 Å². The van der Waals surface area contributed by atoms with Crippen molar-refractivity contribution in [2.75, 3.05) is 17.2 Å². The highest BCUT2D eigenvalue weighted by Gasteiger charge is 2.11. The number of nitrogens with one attached hydrogen (secondary N) is 2. The fourth-order valence-corrected chi connectivity index (χ4v) is 1.57. The molecule has 0 saturated carbocycles. The zero-order valence-corrected chi connectivity index (χ0v) is 11.8. The monoisotopic (exact) mass is 278 g/mol. The molecule has 0 bridgehead atoms. The van der Waals surface area contributed by atoms with Crippen LogP contribution in [-0.2, 0) is 14.3 Å². The minimum Gasteiger partial charge on any atom is -0.462 e. The summed E-state index contributed by atoms with van der Waals surface area (Å²) in [6, 6.07) is 4.58. The quantitative estimate of drug-likeness (QED) is 0.808. The van der Waals surface area contributed by atoms with E-state index in [2.05, 4.69) is 10.6 Å². The summed E-state index contributed by atoms with van der Waals surface area (Å²) in [5.41, 5.74) is 1.12. The maximum Gasteiger partial charge on any atom is 0.338 e. The van der Waals surface area contributed by atoms with Crippen LogP contribution in [0.2, 0.25) is 0 Å². The zero-order valence-electron chi connectivity index (χ0n) is 11.8. The molecule has 20 heavy (non-hydrogen) atoms. The van der Waals surface area contributed by atoms with Gasteiger partial charge in [-0.3, -0.25) is 9.59 Å². The van der Waals surface area contributed by atoms with E-state index in [1.165, 1.54) is 26.0 Å². The second kappa shape index (κ2) is 7.28. The number of carbonyl (C=O) groups is 3. The second-order valence-corrected chi connectivity index (χ2v) is 4.30. The normalized spacial score (nSPS) is 9.75. The first-order chi connectivity index (χ1) is 9.42. The van der Waals surface area contributed by atoms with Crippen LogP contribution < -0.4 is 10.6 Å². The number of rotatable bonds is 5. The van der Waals surface area contributed by atoms with Crippen molar-refractivity contribution in [3.05, 3.63) is 23.8 Å². The molecule has 2 amide bonds. The first-order valence-corrected chi connectivity index (χ1v) is 6.29. The van der Waals surface area contributed by atoms with Crippen LogP contribution in [-0.4, -0.2) is 24.4 Å². The van der Waals surface area contributed by atoms with Crippen molar-refractivity contribution < 1.29 is 19.1 Å². The van der Waals surface area contributed by atoms with Crippen molar-refractivity contribution in [1.82, 2.24) is 0 Å². The molecule has 0 unspecified atom stereocenters. The Bertz CT molecular complexity index is 492. The van der Waals surface area contributed by atoms with Gasteiger partial charge in [0.25, 0.3) is 0 Å². The molecule has 6 heteroatoms. The standard InChI is InChI=1S/C14H18N2O4/c1-4-5-20-14(19)11-6-12(15-9(2)17)8-13(7-11)16-10(3)18/h6-8H,4-5H2,1-3H3,(H,15,17)(H,16,18). The Kier molecular flexibility index (Phi) is 5.71. The van der Waals surface area contributed by atoms with Crippen molar-refractivity contribution in [3.63, 3.8) is 0 Å². The molecule has 108 valence electrons. The molecule has 0 aliphatic heterocycles. The minimum atomic E-state index is -0.495. The van der Waals surface area contributed by atoms with E-state index < -0.39 is 5.97 Å². The Morgan fingerprint density at radius 3 is 1.90 bits per heavy atom. The molecule has 0 aromatic heterocycles. The molecule has 0 spiro atoms. The van der Waals surface area contributed by atoms with Crippen molar-refractivity contribution in [2.45, 2.75) is 27.2 Å². The summed E-state index contributed by atoms with van der Waals surface area (Å²) in [4.78, 5) is 34.0. The van der Waals surface area contributed by atoms with E-state index in [9.17, 15) is 14.4 Å². The summed E-state index contributed by atoms with van der Waals surface area (Å²) in [7, 11) is 0. The third-order valence-corrected chi connectivity index (χ3v) is 2.25. The lowest BCUT2D eigenvalue weighted by Crippen LogP contribution is -2.12. The lowest BCUT2D eigenvalue weighted by Gasteiger charge is -2.10. The van der Waals surface area contributed by atoms with Gasteiger partial charge in [-0.05, 0) is 24.6 Å². The van der Waals surface area contributed by atoms with Crippen LogP contribution in [0.3, 0.4) is 0 Å². The van der Waals surface area contributed by atoms with Crippen LogP contribution in [0.25, 0.3) is 0 Å². The van der Waals surface area contributed by atoms with E-state index in [-0.39, 0.29) is 17.4 Å². The lowest BCUT2D eigenvalue weighted by molar-refractivity contribution is -0.115. The number of hydrogen-bond donors (Lipinski definition) is 2. The predicted octanol–water partition coefficient (Wildman–Crippen LogP) is 2.17. The van der Waals surface area contributed by atoms with E-state index in [1.54, 1.807) is 6.07 Å². The molecule has 1 aromatic rings. The van der Waals surface area contributed by atoms with Crippen molar-refractivity contribution >= 4 is 29.2 Å². The molecular formula is C14H18N2O4. The third kappa shape index (κ3) is 5.09. The summed E-state index contributed by atoms with van der Waals surface area (Å²) in [5.74, 6) is -1.03. The molecule has 0 aliphatic carbocycles. The largest absolute Gasteiger partial charge is 0.462 e. The first-order valence-electron chi connectivity index (χ1n) is 6.29. The Balaban J connectivity index is 3.05. The number of ether oxygens (including phenoxy) is 1. The first kappa shape index (κ1) is 15.7. The Hall–Kier alpha value is -2.37. The molecule has 0 radical (unpaired) electrons. The van der Waals surface area contributed by atoms with E-state index >= 15 is 0 Å². The van der Waals surface area contributed by atoms with Crippen LogP contribution in [0.1, 0.15) is 37.6 Å². The van der Waals surface area contributed by atoms with Gasteiger partial charge in [-0.25, -0.2) is 4.79 Å². The molecule has 0 fully saturated rings. The average Bonchev–Trinajstić information content (AvgIpc) is 2.33. The summed E-state index contributed by atoms with van der Waals surface area (Å²) in [5, 5.41) is 5.14. The summed E-state index contributed by atoms with van der Waals surface area (Å²) < 4.78 is 5.03. The Morgan fingerprint density at radius 1 is 1.00 bits per heavy atom. The van der Waals surface area contributed by atoms with Gasteiger partial charge in [0.15, 0.2) is 0 Å². The minimum absolute atomic E-state index is 0.266. The lowest BCUT2D eigenvalue weighted by atomic mass is 10.1. The smallest absolute Gasteiger partial charge is 0.338 e. The highest BCUT2D eigenvalue weighted by atomic mass is 16.5. The number of hydrogen-bond acceptors (Lipinski definition) is 4. The number of esters is 1. The summed E-state index contributed by atoms with van der Waals surface area (Å²) >= 11 is 0. The number of amides is 2. The van der Waals surface area contributed by atoms with Gasteiger partial charge in [0.05, 0.1) is 12.2 Å². The highest BCUT2D eigenvalue weighted by molar-refractivity contribution is 5.97. The highest BCUT2D eigenvalue weighted by Crippen LogP contribution is 2.20. The molecule has 1 rings (SSSR count). The van der Waals surface area contributed by atoms with Crippen LogP contribution in [0.5, 0.6) is 0 Å². The summed E-state index contributed by atoms with van der Waals surface area (Å²) in [6.45, 7) is 4.93. The van der Waals surface area contributed by atoms with Gasteiger partial charge in [-0.15, -0.1) is 0 Å². The van der Waals surface area contributed by atoms with Crippen LogP contribution >= 0.6 is 0 Å². The second-order valence-electron chi connectivity index (χ2n) is 4.30. The van der Waals surface area contributed by atoms with Gasteiger partial charge >= 0.3 is 5.97 Å². The molecule has 0 atom stereocenters. The fourth-order valence-electron chi connectivity index (χ4n) is 1.57. The van der Waals surface area contributed by atoms with Gasteiger partial charge in [0, 0.05) is 25.2 Å². The van der Waals surface area contributed by atoms with Gasteiger partial charge in [0.2, 0.25) is 11.8 Å². The van der Waals surface area contributed by atoms with E-state index in [1.807, 2.05) is 6.92 Å². The topological polar surface area (TPSA) is 84.5 Å². The molecule has 2 N–H and O–H groups in total. The van der Waals surface area contributed by atoms with Crippen LogP contribution in [0.4, 0.5) is 11.4 Å². The van der Waals surface area contributed by atoms with Gasteiger partial charge in [0.1, 0.15) is 0 Å². The van der Waals surface area contributed by atoms with E-state index in [0.29, 0.717) is 18.0 Å². The number of carbonyl (C=O) groups excluding carboxylic acids is 3. The maximum atomic E-state index is 11.8. The van der Waals surface area contributed by atoms with E-state index in [0.717, 1.165) is 6.42 Å². The molecular weight excluding hydrogens is 260 g/mol. The van der Waals surface area contributed by atoms with Gasteiger partial charge in [-0.2, -0.15) is 0 Å². The molecule has 0 heterocycles. The van der Waals surface area contributed by atoms with Crippen LogP contribution in [0, 0.1) is 0 Å². The predicted molar refractivity (Wildman–Crippen MR) is 75.6 cm³/mol. The van der Waals surface area contributed by atoms with Crippen molar-refractivity contribution in [1.29, 1.82) is 0 Å². The van der Waals surface area contributed by atoms with Crippen LogP contribution in [0.15, 0.2) is 18.2 Å². The fraction of sp³-hybridized carbons (Fsp3) is 0.357. The molecule has 0 aliphatic rings.